The average molecular weight is 186 g/mol. The van der Waals surface area contributed by atoms with Crippen LogP contribution in [0.1, 0.15) is 12.8 Å². The van der Waals surface area contributed by atoms with E-state index in [1.54, 1.807) is 0 Å². The molecule has 0 saturated carbocycles. The molecule has 2 aliphatic heterocycles. The monoisotopic (exact) mass is 186 g/mol. The predicted molar refractivity (Wildman–Crippen MR) is 54.8 cm³/mol. The Morgan fingerprint density at radius 2 is 1.75 bits per heavy atom. The molecule has 0 radical (unpaired) electrons. The van der Waals surface area contributed by atoms with Gasteiger partial charge in [0.1, 0.15) is 0 Å². The summed E-state index contributed by atoms with van der Waals surface area (Å²) in [6.45, 7) is 4.94. The molecule has 0 bridgehead atoms. The first-order valence-corrected chi connectivity index (χ1v) is 6.15. The first-order chi connectivity index (χ1) is 5.97. The number of hydrogen-bond donors (Lipinski definition) is 1. The van der Waals surface area contributed by atoms with Crippen LogP contribution in [0, 0.1) is 0 Å². The first kappa shape index (κ1) is 8.85. The van der Waals surface area contributed by atoms with Crippen LogP contribution in [-0.4, -0.2) is 48.6 Å². The largest absolute Gasteiger partial charge is 0.314 e. The maximum absolute atomic E-state index is 3.41. The molecule has 70 valence electrons. The summed E-state index contributed by atoms with van der Waals surface area (Å²) in [5.41, 5.74) is 0. The molecule has 2 heterocycles. The summed E-state index contributed by atoms with van der Waals surface area (Å²) in [4.78, 5) is 2.68. The van der Waals surface area contributed by atoms with Crippen molar-refractivity contribution >= 4 is 11.8 Å². The van der Waals surface area contributed by atoms with Gasteiger partial charge in [0.2, 0.25) is 0 Å². The van der Waals surface area contributed by atoms with Gasteiger partial charge in [0, 0.05) is 32.2 Å². The molecule has 12 heavy (non-hydrogen) atoms. The van der Waals surface area contributed by atoms with Crippen molar-refractivity contribution < 1.29 is 0 Å². The number of nitrogens with zero attached hydrogens (tertiary/aromatic N) is 1. The maximum atomic E-state index is 3.41. The zero-order chi connectivity index (χ0) is 8.23. The van der Waals surface area contributed by atoms with Gasteiger partial charge < -0.3 is 5.32 Å². The van der Waals surface area contributed by atoms with Crippen LogP contribution in [0.5, 0.6) is 0 Å². The minimum Gasteiger partial charge on any atom is -0.314 e. The second-order valence-corrected chi connectivity index (χ2v) is 4.85. The topological polar surface area (TPSA) is 15.3 Å². The fourth-order valence-corrected chi connectivity index (χ4v) is 3.18. The van der Waals surface area contributed by atoms with E-state index in [1.807, 2.05) is 0 Å². The standard InChI is InChI=1S/C9H18N2S/c1-7-12-8-2-9(1)11-5-3-10-4-6-11/h9-10H,1-8H2. The Balaban J connectivity index is 1.80. The normalized spacial score (nSPS) is 29.0. The van der Waals surface area contributed by atoms with E-state index in [2.05, 4.69) is 22.0 Å². The van der Waals surface area contributed by atoms with Gasteiger partial charge in [0.05, 0.1) is 0 Å². The molecule has 0 aromatic rings. The number of thioether (sulfide) groups is 1. The third-order valence-corrected chi connectivity index (χ3v) is 3.91. The number of nitrogens with one attached hydrogen (secondary N) is 1. The van der Waals surface area contributed by atoms with Gasteiger partial charge >= 0.3 is 0 Å². The molecule has 0 aromatic carbocycles. The summed E-state index contributed by atoms with van der Waals surface area (Å²) in [6, 6.07) is 0.911. The van der Waals surface area contributed by atoms with E-state index in [4.69, 9.17) is 0 Å². The van der Waals surface area contributed by atoms with Crippen LogP contribution in [-0.2, 0) is 0 Å². The molecule has 0 aromatic heterocycles. The Morgan fingerprint density at radius 3 is 2.42 bits per heavy atom. The molecule has 0 aliphatic carbocycles. The van der Waals surface area contributed by atoms with Crippen LogP contribution in [0.15, 0.2) is 0 Å². The molecular formula is C9H18N2S. The van der Waals surface area contributed by atoms with Gasteiger partial charge in [-0.3, -0.25) is 4.90 Å². The molecule has 2 rings (SSSR count). The smallest absolute Gasteiger partial charge is 0.0112 e. The van der Waals surface area contributed by atoms with E-state index in [-0.39, 0.29) is 0 Å². The highest BCUT2D eigenvalue weighted by atomic mass is 32.2. The summed E-state index contributed by atoms with van der Waals surface area (Å²) in [5.74, 6) is 2.77. The van der Waals surface area contributed by atoms with Crippen molar-refractivity contribution in [3.05, 3.63) is 0 Å². The SMILES string of the molecule is C1CN(C2CCSCC2)CCN1. The number of piperazine rings is 1. The van der Waals surface area contributed by atoms with E-state index in [1.165, 1.54) is 50.5 Å². The minimum atomic E-state index is 0.911. The van der Waals surface area contributed by atoms with Crippen molar-refractivity contribution in [2.75, 3.05) is 37.7 Å². The molecule has 1 N–H and O–H groups in total. The highest BCUT2D eigenvalue weighted by Gasteiger charge is 2.21. The Hall–Kier alpha value is 0.270. The van der Waals surface area contributed by atoms with Crippen molar-refractivity contribution in [2.24, 2.45) is 0 Å². The van der Waals surface area contributed by atoms with Crippen LogP contribution in [0.3, 0.4) is 0 Å². The quantitative estimate of drug-likeness (QED) is 0.652. The van der Waals surface area contributed by atoms with E-state index >= 15 is 0 Å². The lowest BCUT2D eigenvalue weighted by Gasteiger charge is -2.36. The Labute approximate surface area is 79.1 Å². The third-order valence-electron chi connectivity index (χ3n) is 2.86. The van der Waals surface area contributed by atoms with Crippen LogP contribution in [0.4, 0.5) is 0 Å². The van der Waals surface area contributed by atoms with Gasteiger partial charge in [-0.1, -0.05) is 0 Å². The van der Waals surface area contributed by atoms with Crippen molar-refractivity contribution in [2.45, 2.75) is 18.9 Å². The predicted octanol–water partition coefficient (Wildman–Crippen LogP) is 0.787. The maximum Gasteiger partial charge on any atom is 0.0112 e. The highest BCUT2D eigenvalue weighted by Crippen LogP contribution is 2.21. The Morgan fingerprint density at radius 1 is 1.08 bits per heavy atom. The molecular weight excluding hydrogens is 168 g/mol. The molecule has 0 spiro atoms. The van der Waals surface area contributed by atoms with Crippen LogP contribution in [0.25, 0.3) is 0 Å². The molecule has 2 aliphatic rings. The van der Waals surface area contributed by atoms with E-state index in [0.29, 0.717) is 0 Å². The van der Waals surface area contributed by atoms with Crippen LogP contribution < -0.4 is 5.32 Å². The summed E-state index contributed by atoms with van der Waals surface area (Å²) >= 11 is 2.12. The van der Waals surface area contributed by atoms with Gasteiger partial charge in [-0.2, -0.15) is 11.8 Å². The van der Waals surface area contributed by atoms with E-state index < -0.39 is 0 Å². The fraction of sp³-hybridized carbons (Fsp3) is 1.00. The second kappa shape index (κ2) is 4.49. The second-order valence-electron chi connectivity index (χ2n) is 3.63. The van der Waals surface area contributed by atoms with Crippen molar-refractivity contribution in [3.8, 4) is 0 Å². The highest BCUT2D eigenvalue weighted by molar-refractivity contribution is 7.99. The fourth-order valence-electron chi connectivity index (χ4n) is 2.10. The molecule has 0 unspecified atom stereocenters. The molecule has 3 heteroatoms. The zero-order valence-corrected chi connectivity index (χ0v) is 8.41. The van der Waals surface area contributed by atoms with Crippen molar-refractivity contribution in [1.82, 2.24) is 10.2 Å². The van der Waals surface area contributed by atoms with Gasteiger partial charge in [0.25, 0.3) is 0 Å². The van der Waals surface area contributed by atoms with Gasteiger partial charge in [-0.25, -0.2) is 0 Å². The first-order valence-electron chi connectivity index (χ1n) is 4.99. The molecule has 2 fully saturated rings. The number of hydrogen-bond acceptors (Lipinski definition) is 3. The lowest BCUT2D eigenvalue weighted by molar-refractivity contribution is 0.164. The average Bonchev–Trinajstić information content (AvgIpc) is 2.21. The van der Waals surface area contributed by atoms with E-state index in [0.717, 1.165) is 6.04 Å². The molecule has 2 saturated heterocycles. The third kappa shape index (κ3) is 2.15. The summed E-state index contributed by atoms with van der Waals surface area (Å²) in [7, 11) is 0. The Kier molecular flexibility index (Phi) is 3.31. The summed E-state index contributed by atoms with van der Waals surface area (Å²) in [6.07, 6.45) is 2.84. The van der Waals surface area contributed by atoms with Crippen LogP contribution in [0.2, 0.25) is 0 Å². The minimum absolute atomic E-state index is 0.911. The van der Waals surface area contributed by atoms with Gasteiger partial charge in [0.15, 0.2) is 0 Å². The zero-order valence-electron chi connectivity index (χ0n) is 7.59. The van der Waals surface area contributed by atoms with Crippen molar-refractivity contribution in [1.29, 1.82) is 0 Å². The van der Waals surface area contributed by atoms with Gasteiger partial charge in [-0.15, -0.1) is 0 Å². The summed E-state index contributed by atoms with van der Waals surface area (Å²) < 4.78 is 0. The number of rotatable bonds is 1. The Bertz CT molecular complexity index is 112. The summed E-state index contributed by atoms with van der Waals surface area (Å²) in [5, 5.41) is 3.41. The molecule has 0 amide bonds. The van der Waals surface area contributed by atoms with E-state index in [9.17, 15) is 0 Å². The molecule has 2 nitrogen and oxygen atoms in total. The molecule has 0 atom stereocenters. The van der Waals surface area contributed by atoms with Crippen LogP contribution >= 0.6 is 11.8 Å². The van der Waals surface area contributed by atoms with Gasteiger partial charge in [-0.05, 0) is 24.3 Å². The lowest BCUT2D eigenvalue weighted by atomic mass is 10.1. The van der Waals surface area contributed by atoms with Crippen molar-refractivity contribution in [3.63, 3.8) is 0 Å². The lowest BCUT2D eigenvalue weighted by Crippen LogP contribution is -2.49.